The van der Waals surface area contributed by atoms with Crippen LogP contribution in [0, 0.1) is 0 Å². The molecule has 0 fully saturated rings. The summed E-state index contributed by atoms with van der Waals surface area (Å²) < 4.78 is 64.9. The number of allylic oxidation sites excluding steroid dienone is 4. The molecule has 0 unspecified atom stereocenters. The zero-order chi connectivity index (χ0) is 26.3. The van der Waals surface area contributed by atoms with E-state index in [1.165, 1.54) is 12.1 Å². The van der Waals surface area contributed by atoms with E-state index in [-0.39, 0.29) is 9.80 Å². The molecule has 3 aromatic rings. The van der Waals surface area contributed by atoms with Crippen molar-refractivity contribution in [2.45, 2.75) is 18.7 Å². The van der Waals surface area contributed by atoms with Crippen LogP contribution in [0.3, 0.4) is 0 Å². The summed E-state index contributed by atoms with van der Waals surface area (Å²) in [5, 5.41) is 0. The van der Waals surface area contributed by atoms with Crippen LogP contribution in [-0.2, 0) is 20.2 Å². The van der Waals surface area contributed by atoms with Gasteiger partial charge in [-0.1, -0.05) is 97.1 Å². The van der Waals surface area contributed by atoms with Crippen molar-refractivity contribution in [1.82, 2.24) is 0 Å². The zero-order valence-corrected chi connectivity index (χ0v) is 21.4. The van der Waals surface area contributed by atoms with E-state index in [1.807, 2.05) is 48.5 Å². The van der Waals surface area contributed by atoms with Crippen molar-refractivity contribution in [3.63, 3.8) is 0 Å². The van der Waals surface area contributed by atoms with Gasteiger partial charge in [0.1, 0.15) is 4.90 Å². The number of hydrogen-bond donors (Lipinski definition) is 2. The van der Waals surface area contributed by atoms with Crippen LogP contribution < -0.4 is 0 Å². The first-order valence-corrected chi connectivity index (χ1v) is 13.8. The molecule has 0 saturated heterocycles. The van der Waals surface area contributed by atoms with Crippen molar-refractivity contribution in [2.75, 3.05) is 0 Å². The molecule has 0 radical (unpaired) electrons. The number of rotatable bonds is 8. The first-order valence-electron chi connectivity index (χ1n) is 10.9. The molecule has 0 aromatic heterocycles. The van der Waals surface area contributed by atoms with Crippen molar-refractivity contribution in [3.05, 3.63) is 118 Å². The Kier molecular flexibility index (Phi) is 8.60. The SMILES string of the molecule is CC=CC(=C(C)C=Cc1ccc(-c2ccc(C=Cc3ccccc3S(=O)(=O)O)cc2)cc1)S(=O)(=O)O. The minimum absolute atomic E-state index is 0.145. The van der Waals surface area contributed by atoms with Gasteiger partial charge in [0.2, 0.25) is 0 Å². The highest BCUT2D eigenvalue weighted by Gasteiger charge is 2.13. The van der Waals surface area contributed by atoms with E-state index in [9.17, 15) is 25.9 Å². The summed E-state index contributed by atoms with van der Waals surface area (Å²) in [6.07, 6.45) is 9.72. The minimum atomic E-state index is -4.31. The molecule has 6 nitrogen and oxygen atoms in total. The van der Waals surface area contributed by atoms with E-state index in [1.54, 1.807) is 62.4 Å². The topological polar surface area (TPSA) is 109 Å². The van der Waals surface area contributed by atoms with Gasteiger partial charge >= 0.3 is 0 Å². The number of hydrogen-bond acceptors (Lipinski definition) is 4. The molecule has 0 bridgehead atoms. The molecule has 3 rings (SSSR count). The van der Waals surface area contributed by atoms with Crippen LogP contribution in [0.25, 0.3) is 29.4 Å². The van der Waals surface area contributed by atoms with Gasteiger partial charge in [0, 0.05) is 0 Å². The molecule has 186 valence electrons. The maximum absolute atomic E-state index is 11.5. The van der Waals surface area contributed by atoms with Gasteiger partial charge in [-0.15, -0.1) is 0 Å². The first-order chi connectivity index (χ1) is 17.0. The third-order valence-electron chi connectivity index (χ3n) is 5.32. The summed E-state index contributed by atoms with van der Waals surface area (Å²) in [6.45, 7) is 3.29. The highest BCUT2D eigenvalue weighted by atomic mass is 32.2. The van der Waals surface area contributed by atoms with Crippen molar-refractivity contribution in [2.24, 2.45) is 0 Å². The van der Waals surface area contributed by atoms with Crippen molar-refractivity contribution in [1.29, 1.82) is 0 Å². The Bertz CT molecular complexity index is 1560. The predicted octanol–water partition coefficient (Wildman–Crippen LogP) is 6.52. The molecule has 2 N–H and O–H groups in total. The third kappa shape index (κ3) is 7.22. The Morgan fingerprint density at radius 2 is 1.22 bits per heavy atom. The fourth-order valence-electron chi connectivity index (χ4n) is 3.49. The van der Waals surface area contributed by atoms with Gasteiger partial charge in [0.15, 0.2) is 0 Å². The Hall–Kier alpha value is -3.56. The summed E-state index contributed by atoms with van der Waals surface area (Å²) in [7, 11) is -8.61. The Balaban J connectivity index is 1.76. The van der Waals surface area contributed by atoms with Crippen LogP contribution in [0.2, 0.25) is 0 Å². The fraction of sp³-hybridized carbons (Fsp3) is 0.0714. The van der Waals surface area contributed by atoms with Crippen molar-refractivity contribution in [3.8, 4) is 11.1 Å². The summed E-state index contributed by atoms with van der Waals surface area (Å²) in [6, 6.07) is 21.6. The van der Waals surface area contributed by atoms with Gasteiger partial charge in [-0.05, 0) is 59.4 Å². The van der Waals surface area contributed by atoms with Crippen LogP contribution in [0.1, 0.15) is 30.5 Å². The van der Waals surface area contributed by atoms with Crippen LogP contribution in [0.15, 0.2) is 106 Å². The molecule has 0 heterocycles. The molecule has 0 amide bonds. The van der Waals surface area contributed by atoms with E-state index in [0.717, 1.165) is 22.3 Å². The average Bonchev–Trinajstić information content (AvgIpc) is 2.84. The second kappa shape index (κ2) is 11.5. The molecular formula is C28H26O6S2. The van der Waals surface area contributed by atoms with E-state index in [0.29, 0.717) is 11.1 Å². The molecule has 0 aliphatic carbocycles. The maximum atomic E-state index is 11.5. The highest BCUT2D eigenvalue weighted by molar-refractivity contribution is 7.90. The summed E-state index contributed by atoms with van der Waals surface area (Å²) in [4.78, 5) is -0.290. The normalized spacial score (nSPS) is 13.6. The summed E-state index contributed by atoms with van der Waals surface area (Å²) in [5.74, 6) is 0. The van der Waals surface area contributed by atoms with Crippen LogP contribution >= 0.6 is 0 Å². The molecule has 0 saturated carbocycles. The van der Waals surface area contributed by atoms with E-state index < -0.39 is 20.2 Å². The summed E-state index contributed by atoms with van der Waals surface area (Å²) in [5.41, 5.74) is 4.51. The van der Waals surface area contributed by atoms with Gasteiger partial charge in [-0.2, -0.15) is 16.8 Å². The lowest BCUT2D eigenvalue weighted by Crippen LogP contribution is -2.01. The molecule has 3 aromatic carbocycles. The highest BCUT2D eigenvalue weighted by Crippen LogP contribution is 2.23. The molecule has 0 atom stereocenters. The van der Waals surface area contributed by atoms with E-state index in [4.69, 9.17) is 0 Å². The average molecular weight is 523 g/mol. The Labute approximate surface area is 212 Å². The van der Waals surface area contributed by atoms with Crippen molar-refractivity contribution >= 4 is 38.5 Å². The lowest BCUT2D eigenvalue weighted by molar-refractivity contribution is 0.482. The second-order valence-electron chi connectivity index (χ2n) is 7.95. The second-order valence-corrected chi connectivity index (χ2v) is 10.7. The summed E-state index contributed by atoms with van der Waals surface area (Å²) >= 11 is 0. The van der Waals surface area contributed by atoms with E-state index in [2.05, 4.69) is 0 Å². The fourth-order valence-corrected chi connectivity index (χ4v) is 4.96. The standard InChI is InChI=1S/C28H26O6S2/c1-3-6-27(35(29,30)31)21(2)9-10-22-11-16-24(17-12-22)25-18-13-23(14-19-25)15-20-26-7-4-5-8-28(26)36(32,33)34/h3-20H,1-2H3,(H,29,30,31)(H,32,33,34). The number of benzene rings is 3. The van der Waals surface area contributed by atoms with Gasteiger partial charge in [0.05, 0.1) is 4.91 Å². The van der Waals surface area contributed by atoms with E-state index >= 15 is 0 Å². The molecule has 36 heavy (non-hydrogen) atoms. The zero-order valence-electron chi connectivity index (χ0n) is 19.7. The molecular weight excluding hydrogens is 496 g/mol. The maximum Gasteiger partial charge on any atom is 0.295 e. The lowest BCUT2D eigenvalue weighted by atomic mass is 10.0. The van der Waals surface area contributed by atoms with Crippen LogP contribution in [-0.4, -0.2) is 25.9 Å². The molecule has 0 aliphatic heterocycles. The monoisotopic (exact) mass is 522 g/mol. The van der Waals surface area contributed by atoms with Crippen LogP contribution in [0.4, 0.5) is 0 Å². The lowest BCUT2D eigenvalue weighted by Gasteiger charge is -2.05. The quantitative estimate of drug-likeness (QED) is 0.198. The minimum Gasteiger partial charge on any atom is -0.282 e. The van der Waals surface area contributed by atoms with Crippen LogP contribution in [0.5, 0.6) is 0 Å². The first kappa shape index (κ1) is 27.0. The van der Waals surface area contributed by atoms with Gasteiger partial charge < -0.3 is 0 Å². The third-order valence-corrected chi connectivity index (χ3v) is 7.26. The molecule has 0 spiro atoms. The molecule has 8 heteroatoms. The van der Waals surface area contributed by atoms with Gasteiger partial charge in [-0.25, -0.2) is 0 Å². The Morgan fingerprint density at radius 3 is 1.72 bits per heavy atom. The smallest absolute Gasteiger partial charge is 0.282 e. The van der Waals surface area contributed by atoms with Gasteiger partial charge in [0.25, 0.3) is 20.2 Å². The van der Waals surface area contributed by atoms with Crippen molar-refractivity contribution < 1.29 is 25.9 Å². The predicted molar refractivity (Wildman–Crippen MR) is 145 cm³/mol. The molecule has 0 aliphatic rings. The largest absolute Gasteiger partial charge is 0.295 e. The Morgan fingerprint density at radius 1 is 0.694 bits per heavy atom. The van der Waals surface area contributed by atoms with Gasteiger partial charge in [-0.3, -0.25) is 9.11 Å².